The van der Waals surface area contributed by atoms with Crippen LogP contribution in [0.4, 0.5) is 5.69 Å². The molecule has 0 bridgehead atoms. The maximum absolute atomic E-state index is 12.2. The van der Waals surface area contributed by atoms with Crippen LogP contribution in [0.25, 0.3) is 0 Å². The number of carbonyl (C=O) groups is 2. The topological polar surface area (TPSA) is 117 Å². The molecule has 2 aromatic carbocycles. The van der Waals surface area contributed by atoms with Crippen LogP contribution in [-0.2, 0) is 16.0 Å². The van der Waals surface area contributed by atoms with Crippen molar-refractivity contribution in [2.24, 2.45) is 0 Å². The number of nitro groups is 1. The van der Waals surface area contributed by atoms with Crippen LogP contribution in [0.3, 0.4) is 0 Å². The van der Waals surface area contributed by atoms with Gasteiger partial charge in [-0.25, -0.2) is 4.79 Å². The summed E-state index contributed by atoms with van der Waals surface area (Å²) in [6, 6.07) is 10.1. The van der Waals surface area contributed by atoms with Crippen LogP contribution in [0.2, 0.25) is 0 Å². The molecule has 1 amide bonds. The van der Waals surface area contributed by atoms with Crippen molar-refractivity contribution in [1.29, 1.82) is 0 Å². The smallest absolute Gasteiger partial charge is 0.345 e. The van der Waals surface area contributed by atoms with Gasteiger partial charge in [0.25, 0.3) is 11.6 Å². The second-order valence-corrected chi connectivity index (χ2v) is 6.08. The van der Waals surface area contributed by atoms with Crippen molar-refractivity contribution in [2.45, 2.75) is 13.3 Å². The number of aryl methyl sites for hydroxylation is 1. The highest BCUT2D eigenvalue weighted by Gasteiger charge is 2.28. The predicted molar refractivity (Wildman–Crippen MR) is 97.4 cm³/mol. The van der Waals surface area contributed by atoms with E-state index in [0.717, 1.165) is 17.2 Å². The maximum Gasteiger partial charge on any atom is 0.345 e. The maximum atomic E-state index is 12.2. The van der Waals surface area contributed by atoms with Crippen molar-refractivity contribution < 1.29 is 28.7 Å². The highest BCUT2D eigenvalue weighted by atomic mass is 16.7. The van der Waals surface area contributed by atoms with Gasteiger partial charge in [-0.3, -0.25) is 14.9 Å². The first-order valence-corrected chi connectivity index (χ1v) is 8.52. The van der Waals surface area contributed by atoms with Crippen LogP contribution in [0.1, 0.15) is 21.5 Å². The molecule has 2 aromatic rings. The molecule has 0 saturated carbocycles. The van der Waals surface area contributed by atoms with Gasteiger partial charge in [-0.05, 0) is 24.5 Å². The Labute approximate surface area is 160 Å². The summed E-state index contributed by atoms with van der Waals surface area (Å²) in [5.74, 6) is -1.10. The molecule has 9 heteroatoms. The first-order valence-electron chi connectivity index (χ1n) is 8.52. The molecular weight excluding hydrogens is 368 g/mol. The Hall–Kier alpha value is -3.62. The fourth-order valence-electron chi connectivity index (χ4n) is 2.73. The van der Waals surface area contributed by atoms with E-state index in [1.165, 1.54) is 6.07 Å². The van der Waals surface area contributed by atoms with Crippen molar-refractivity contribution in [1.82, 2.24) is 5.32 Å². The van der Waals surface area contributed by atoms with Gasteiger partial charge in [-0.1, -0.05) is 24.3 Å². The molecule has 0 saturated heterocycles. The van der Waals surface area contributed by atoms with Crippen molar-refractivity contribution in [3.05, 3.63) is 63.2 Å². The predicted octanol–water partition coefficient (Wildman–Crippen LogP) is 2.15. The van der Waals surface area contributed by atoms with Gasteiger partial charge < -0.3 is 19.5 Å². The van der Waals surface area contributed by atoms with Crippen molar-refractivity contribution in [3.8, 4) is 11.5 Å². The van der Waals surface area contributed by atoms with Crippen molar-refractivity contribution >= 4 is 17.6 Å². The van der Waals surface area contributed by atoms with E-state index >= 15 is 0 Å². The number of amides is 1. The molecule has 0 unspecified atom stereocenters. The number of benzene rings is 2. The quantitative estimate of drug-likeness (QED) is 0.440. The van der Waals surface area contributed by atoms with E-state index in [1.54, 1.807) is 0 Å². The number of fused-ring (bicyclic) bond motifs is 1. The van der Waals surface area contributed by atoms with E-state index < -0.39 is 29.1 Å². The number of ether oxygens (including phenoxy) is 3. The van der Waals surface area contributed by atoms with E-state index in [-0.39, 0.29) is 23.9 Å². The number of hydrogen-bond acceptors (Lipinski definition) is 7. The third kappa shape index (κ3) is 4.37. The number of rotatable bonds is 7. The summed E-state index contributed by atoms with van der Waals surface area (Å²) < 4.78 is 15.1. The lowest BCUT2D eigenvalue weighted by Gasteiger charge is -2.09. The molecule has 28 heavy (non-hydrogen) atoms. The van der Waals surface area contributed by atoms with Crippen LogP contribution >= 0.6 is 0 Å². The first-order chi connectivity index (χ1) is 13.5. The van der Waals surface area contributed by atoms with E-state index in [1.807, 2.05) is 31.2 Å². The molecule has 0 aliphatic carbocycles. The SMILES string of the molecule is Cc1ccccc1CCNC(=O)COC(=O)c1cc2c(cc1[N+](=O)[O-])OCO2. The van der Waals surface area contributed by atoms with E-state index in [9.17, 15) is 19.7 Å². The van der Waals surface area contributed by atoms with Gasteiger partial charge in [0.2, 0.25) is 6.79 Å². The Morgan fingerprint density at radius 3 is 2.64 bits per heavy atom. The second-order valence-electron chi connectivity index (χ2n) is 6.08. The third-order valence-corrected chi connectivity index (χ3v) is 4.22. The molecule has 9 nitrogen and oxygen atoms in total. The van der Waals surface area contributed by atoms with Crippen LogP contribution < -0.4 is 14.8 Å². The van der Waals surface area contributed by atoms with Gasteiger partial charge in [-0.2, -0.15) is 0 Å². The van der Waals surface area contributed by atoms with E-state index in [2.05, 4.69) is 5.32 Å². The zero-order chi connectivity index (χ0) is 20.1. The minimum atomic E-state index is -0.987. The molecule has 0 atom stereocenters. The third-order valence-electron chi connectivity index (χ3n) is 4.22. The molecule has 1 heterocycles. The summed E-state index contributed by atoms with van der Waals surface area (Å²) in [7, 11) is 0. The number of nitro benzene ring substituents is 1. The van der Waals surface area contributed by atoms with Crippen LogP contribution in [0.15, 0.2) is 36.4 Å². The normalized spacial score (nSPS) is 11.8. The molecule has 0 aromatic heterocycles. The molecule has 1 aliphatic heterocycles. The van der Waals surface area contributed by atoms with Crippen molar-refractivity contribution in [2.75, 3.05) is 19.9 Å². The number of esters is 1. The summed E-state index contributed by atoms with van der Waals surface area (Å²) in [6.45, 7) is 1.73. The highest BCUT2D eigenvalue weighted by molar-refractivity contribution is 5.96. The zero-order valence-corrected chi connectivity index (χ0v) is 15.1. The lowest BCUT2D eigenvalue weighted by molar-refractivity contribution is -0.385. The second kappa shape index (κ2) is 8.38. The molecule has 1 aliphatic rings. The molecular formula is C19H18N2O7. The average molecular weight is 386 g/mol. The summed E-state index contributed by atoms with van der Waals surface area (Å²) >= 11 is 0. The monoisotopic (exact) mass is 386 g/mol. The average Bonchev–Trinajstić information content (AvgIpc) is 3.14. The number of nitrogens with one attached hydrogen (secondary N) is 1. The van der Waals surface area contributed by atoms with Crippen LogP contribution in [0, 0.1) is 17.0 Å². The van der Waals surface area contributed by atoms with Gasteiger partial charge in [0.05, 0.1) is 11.0 Å². The Kier molecular flexibility index (Phi) is 5.73. The summed E-state index contributed by atoms with van der Waals surface area (Å²) in [6.07, 6.45) is 0.639. The molecule has 1 N–H and O–H groups in total. The molecule has 0 radical (unpaired) electrons. The fraction of sp³-hybridized carbons (Fsp3) is 0.263. The van der Waals surface area contributed by atoms with Gasteiger partial charge >= 0.3 is 5.97 Å². The summed E-state index contributed by atoms with van der Waals surface area (Å²) in [4.78, 5) is 34.6. The molecule has 3 rings (SSSR count). The standard InChI is InChI=1S/C19H18N2O7/c1-12-4-2-3-5-13(12)6-7-20-18(22)10-26-19(23)14-8-16-17(28-11-27-16)9-15(14)21(24)25/h2-5,8-9H,6-7,10-11H2,1H3,(H,20,22). The van der Waals surface area contributed by atoms with Crippen LogP contribution in [-0.4, -0.2) is 36.7 Å². The van der Waals surface area contributed by atoms with Gasteiger partial charge in [0, 0.05) is 12.6 Å². The fourth-order valence-corrected chi connectivity index (χ4v) is 2.73. The highest BCUT2D eigenvalue weighted by Crippen LogP contribution is 2.38. The molecule has 146 valence electrons. The van der Waals surface area contributed by atoms with Gasteiger partial charge in [0.1, 0.15) is 5.56 Å². The largest absolute Gasteiger partial charge is 0.454 e. The minimum Gasteiger partial charge on any atom is -0.454 e. The van der Waals surface area contributed by atoms with Gasteiger partial charge in [-0.15, -0.1) is 0 Å². The zero-order valence-electron chi connectivity index (χ0n) is 15.1. The Bertz CT molecular complexity index is 926. The molecule has 0 spiro atoms. The summed E-state index contributed by atoms with van der Waals surface area (Å²) in [5.41, 5.74) is 1.45. The van der Waals surface area contributed by atoms with E-state index in [4.69, 9.17) is 14.2 Å². The lowest BCUT2D eigenvalue weighted by atomic mass is 10.1. The number of hydrogen-bond donors (Lipinski definition) is 1. The lowest BCUT2D eigenvalue weighted by Crippen LogP contribution is -2.30. The van der Waals surface area contributed by atoms with E-state index in [0.29, 0.717) is 13.0 Å². The Morgan fingerprint density at radius 2 is 1.93 bits per heavy atom. The minimum absolute atomic E-state index is 0.0890. The number of nitrogens with zero attached hydrogens (tertiary/aromatic N) is 1. The van der Waals surface area contributed by atoms with Gasteiger partial charge in [0.15, 0.2) is 18.1 Å². The Morgan fingerprint density at radius 1 is 1.21 bits per heavy atom. The van der Waals surface area contributed by atoms with Crippen molar-refractivity contribution in [3.63, 3.8) is 0 Å². The summed E-state index contributed by atoms with van der Waals surface area (Å²) in [5, 5.41) is 13.8. The number of carbonyl (C=O) groups excluding carboxylic acids is 2. The Balaban J connectivity index is 1.54. The first kappa shape index (κ1) is 19.2. The van der Waals surface area contributed by atoms with Crippen LogP contribution in [0.5, 0.6) is 11.5 Å². The molecule has 0 fully saturated rings.